The van der Waals surface area contributed by atoms with Crippen molar-refractivity contribution in [2.24, 2.45) is 5.73 Å². The molecule has 0 bridgehead atoms. The van der Waals surface area contributed by atoms with Gasteiger partial charge in [-0.1, -0.05) is 12.1 Å². The molecule has 1 aromatic rings. The van der Waals surface area contributed by atoms with E-state index in [2.05, 4.69) is 11.9 Å². The van der Waals surface area contributed by atoms with Crippen molar-refractivity contribution in [1.29, 1.82) is 0 Å². The molecule has 0 saturated carbocycles. The maximum Gasteiger partial charge on any atom is 0.261 e. The molecular weight excluding hydrogens is 268 g/mol. The van der Waals surface area contributed by atoms with Gasteiger partial charge in [0.25, 0.3) is 5.91 Å². The van der Waals surface area contributed by atoms with Crippen LogP contribution in [0.15, 0.2) is 30.9 Å². The molecule has 5 heteroatoms. The van der Waals surface area contributed by atoms with Gasteiger partial charge in [0.2, 0.25) is 0 Å². The zero-order chi connectivity index (χ0) is 15.8. The van der Waals surface area contributed by atoms with Crippen LogP contribution >= 0.6 is 0 Å². The Labute approximate surface area is 126 Å². The number of nitrogens with two attached hydrogens (primary N) is 1. The minimum Gasteiger partial charge on any atom is -0.493 e. The summed E-state index contributed by atoms with van der Waals surface area (Å²) in [5, 5.41) is 2.69. The molecule has 0 aliphatic rings. The molecule has 116 valence electrons. The normalized spacial score (nSPS) is 13.1. The van der Waals surface area contributed by atoms with E-state index in [0.717, 1.165) is 12.0 Å². The van der Waals surface area contributed by atoms with Crippen LogP contribution in [0.3, 0.4) is 0 Å². The summed E-state index contributed by atoms with van der Waals surface area (Å²) < 4.78 is 11.0. The smallest absolute Gasteiger partial charge is 0.261 e. The van der Waals surface area contributed by atoms with Crippen LogP contribution in [0, 0.1) is 0 Å². The second kappa shape index (κ2) is 8.32. The van der Waals surface area contributed by atoms with Crippen LogP contribution in [0.4, 0.5) is 0 Å². The highest BCUT2D eigenvalue weighted by atomic mass is 16.5. The molecule has 1 rings (SSSR count). The quantitative estimate of drug-likeness (QED) is 0.715. The number of methoxy groups -OCH3 is 1. The fourth-order valence-corrected chi connectivity index (χ4v) is 1.87. The summed E-state index contributed by atoms with van der Waals surface area (Å²) in [6.07, 6.45) is 1.73. The Balaban J connectivity index is 2.83. The van der Waals surface area contributed by atoms with Gasteiger partial charge in [-0.2, -0.15) is 0 Å². The fraction of sp³-hybridized carbons (Fsp3) is 0.438. The number of benzene rings is 1. The summed E-state index contributed by atoms with van der Waals surface area (Å²) in [7, 11) is 1.57. The molecule has 2 atom stereocenters. The summed E-state index contributed by atoms with van der Waals surface area (Å²) >= 11 is 0. The minimum absolute atomic E-state index is 0.0551. The molecule has 0 fully saturated rings. The zero-order valence-electron chi connectivity index (χ0n) is 12.9. The Hall–Kier alpha value is -2.01. The molecule has 0 saturated heterocycles. The van der Waals surface area contributed by atoms with Crippen molar-refractivity contribution in [3.05, 3.63) is 36.4 Å². The summed E-state index contributed by atoms with van der Waals surface area (Å²) in [4.78, 5) is 11.8. The van der Waals surface area contributed by atoms with Crippen molar-refractivity contribution >= 4 is 5.91 Å². The Morgan fingerprint density at radius 2 is 2.14 bits per heavy atom. The lowest BCUT2D eigenvalue weighted by molar-refractivity contribution is -0.127. The Morgan fingerprint density at radius 3 is 2.71 bits per heavy atom. The standard InChI is InChI=1S/C16H24N2O3/c1-5-8-18-16(19)12(3)21-15-10-13(9-11(2)17)6-7-14(15)20-4/h5-7,10-12H,1,8-9,17H2,2-4H3,(H,18,19). The molecule has 1 amide bonds. The van der Waals surface area contributed by atoms with E-state index in [1.165, 1.54) is 0 Å². The van der Waals surface area contributed by atoms with E-state index in [-0.39, 0.29) is 11.9 Å². The molecule has 0 radical (unpaired) electrons. The van der Waals surface area contributed by atoms with Crippen molar-refractivity contribution in [3.63, 3.8) is 0 Å². The zero-order valence-corrected chi connectivity index (χ0v) is 12.9. The highest BCUT2D eigenvalue weighted by Crippen LogP contribution is 2.29. The molecule has 21 heavy (non-hydrogen) atoms. The van der Waals surface area contributed by atoms with Crippen molar-refractivity contribution in [1.82, 2.24) is 5.32 Å². The topological polar surface area (TPSA) is 73.6 Å². The van der Waals surface area contributed by atoms with Gasteiger partial charge >= 0.3 is 0 Å². The minimum atomic E-state index is -0.621. The number of amides is 1. The van der Waals surface area contributed by atoms with E-state index >= 15 is 0 Å². The first-order valence-corrected chi connectivity index (χ1v) is 6.95. The first-order valence-electron chi connectivity index (χ1n) is 6.95. The molecule has 0 aromatic heterocycles. The van der Waals surface area contributed by atoms with Crippen LogP contribution < -0.4 is 20.5 Å². The van der Waals surface area contributed by atoms with E-state index in [0.29, 0.717) is 18.0 Å². The second-order valence-corrected chi connectivity index (χ2v) is 4.96. The van der Waals surface area contributed by atoms with Gasteiger partial charge in [-0.15, -0.1) is 6.58 Å². The molecule has 5 nitrogen and oxygen atoms in total. The summed E-state index contributed by atoms with van der Waals surface area (Å²) in [6, 6.07) is 5.68. The van der Waals surface area contributed by atoms with Crippen LogP contribution in [0.2, 0.25) is 0 Å². The van der Waals surface area contributed by atoms with Crippen molar-refractivity contribution in [2.75, 3.05) is 13.7 Å². The molecule has 3 N–H and O–H groups in total. The number of rotatable bonds is 8. The number of hydrogen-bond acceptors (Lipinski definition) is 4. The van der Waals surface area contributed by atoms with E-state index < -0.39 is 6.10 Å². The third-order valence-electron chi connectivity index (χ3n) is 2.88. The predicted octanol–water partition coefficient (Wildman–Crippen LogP) is 1.65. The summed E-state index contributed by atoms with van der Waals surface area (Å²) in [5.41, 5.74) is 6.85. The van der Waals surface area contributed by atoms with Gasteiger partial charge in [0.1, 0.15) is 0 Å². The van der Waals surface area contributed by atoms with Gasteiger partial charge in [-0.3, -0.25) is 4.79 Å². The number of carbonyl (C=O) groups is 1. The van der Waals surface area contributed by atoms with Crippen molar-refractivity contribution in [3.8, 4) is 11.5 Å². The molecule has 0 spiro atoms. The van der Waals surface area contributed by atoms with Crippen molar-refractivity contribution in [2.45, 2.75) is 32.4 Å². The lowest BCUT2D eigenvalue weighted by atomic mass is 10.1. The van der Waals surface area contributed by atoms with Gasteiger partial charge in [0.05, 0.1) is 7.11 Å². The lowest BCUT2D eigenvalue weighted by Gasteiger charge is -2.17. The molecule has 2 unspecified atom stereocenters. The maximum atomic E-state index is 11.8. The molecule has 0 aliphatic heterocycles. The van der Waals surface area contributed by atoms with E-state index in [9.17, 15) is 4.79 Å². The third-order valence-corrected chi connectivity index (χ3v) is 2.88. The Bertz CT molecular complexity index is 486. The SMILES string of the molecule is C=CCNC(=O)C(C)Oc1cc(CC(C)N)ccc1OC. The molecule has 0 heterocycles. The second-order valence-electron chi connectivity index (χ2n) is 4.96. The monoisotopic (exact) mass is 292 g/mol. The van der Waals surface area contributed by atoms with E-state index in [1.807, 2.05) is 25.1 Å². The van der Waals surface area contributed by atoms with Crippen LogP contribution in [-0.2, 0) is 11.2 Å². The van der Waals surface area contributed by atoms with E-state index in [1.54, 1.807) is 20.1 Å². The largest absolute Gasteiger partial charge is 0.493 e. The number of ether oxygens (including phenoxy) is 2. The van der Waals surface area contributed by atoms with Crippen LogP contribution in [0.5, 0.6) is 11.5 Å². The fourth-order valence-electron chi connectivity index (χ4n) is 1.87. The first kappa shape index (κ1) is 17.0. The number of hydrogen-bond donors (Lipinski definition) is 2. The number of carbonyl (C=O) groups excluding carboxylic acids is 1. The van der Waals surface area contributed by atoms with Crippen molar-refractivity contribution < 1.29 is 14.3 Å². The van der Waals surface area contributed by atoms with Gasteiger partial charge in [-0.25, -0.2) is 0 Å². The van der Waals surface area contributed by atoms with E-state index in [4.69, 9.17) is 15.2 Å². The highest BCUT2D eigenvalue weighted by molar-refractivity contribution is 5.80. The highest BCUT2D eigenvalue weighted by Gasteiger charge is 2.16. The van der Waals surface area contributed by atoms with Crippen LogP contribution in [-0.4, -0.2) is 31.7 Å². The summed E-state index contributed by atoms with van der Waals surface area (Å²) in [5.74, 6) is 0.929. The molecular formula is C16H24N2O3. The Morgan fingerprint density at radius 1 is 1.43 bits per heavy atom. The molecule has 0 aliphatic carbocycles. The summed E-state index contributed by atoms with van der Waals surface area (Å²) in [6.45, 7) is 7.60. The third kappa shape index (κ3) is 5.47. The average Bonchev–Trinajstić information content (AvgIpc) is 2.44. The molecule has 1 aromatic carbocycles. The van der Waals surface area contributed by atoms with Crippen LogP contribution in [0.25, 0.3) is 0 Å². The average molecular weight is 292 g/mol. The maximum absolute atomic E-state index is 11.8. The first-order chi connectivity index (χ1) is 9.97. The number of nitrogens with one attached hydrogen (secondary N) is 1. The Kier molecular flexibility index (Phi) is 6.75. The predicted molar refractivity (Wildman–Crippen MR) is 83.6 cm³/mol. The van der Waals surface area contributed by atoms with Gasteiger partial charge in [0, 0.05) is 12.6 Å². The van der Waals surface area contributed by atoms with Gasteiger partial charge in [-0.05, 0) is 38.0 Å². The van der Waals surface area contributed by atoms with Crippen LogP contribution in [0.1, 0.15) is 19.4 Å². The van der Waals surface area contributed by atoms with Gasteiger partial charge in [0.15, 0.2) is 17.6 Å². The lowest BCUT2D eigenvalue weighted by Crippen LogP contribution is -2.36. The van der Waals surface area contributed by atoms with Gasteiger partial charge < -0.3 is 20.5 Å².